The molecule has 1 saturated heterocycles. The number of aromatic carboxylic acids is 1. The molecule has 0 bridgehead atoms. The highest BCUT2D eigenvalue weighted by Gasteiger charge is 2.45. The van der Waals surface area contributed by atoms with Crippen molar-refractivity contribution in [1.82, 2.24) is 10.2 Å². The zero-order valence-electron chi connectivity index (χ0n) is 16.5. The Labute approximate surface area is 184 Å². The van der Waals surface area contributed by atoms with Crippen LogP contribution in [-0.4, -0.2) is 52.2 Å². The minimum Gasteiger partial charge on any atom is -0.477 e. The molecular formula is C21H16FN3O6S. The Bertz CT molecular complexity index is 1240. The third kappa shape index (κ3) is 3.08. The van der Waals surface area contributed by atoms with Crippen molar-refractivity contribution in [2.75, 3.05) is 11.4 Å². The van der Waals surface area contributed by atoms with E-state index in [4.69, 9.17) is 0 Å². The molecule has 4 amide bonds. The van der Waals surface area contributed by atoms with E-state index in [0.29, 0.717) is 13.0 Å². The van der Waals surface area contributed by atoms with Gasteiger partial charge in [-0.3, -0.25) is 29.4 Å². The maximum Gasteiger partial charge on any atom is 0.345 e. The Morgan fingerprint density at radius 1 is 1.09 bits per heavy atom. The highest BCUT2D eigenvalue weighted by Crippen LogP contribution is 2.36. The second kappa shape index (κ2) is 7.23. The smallest absolute Gasteiger partial charge is 0.345 e. The Balaban J connectivity index is 1.45. The number of hydrogen-bond acceptors (Lipinski definition) is 7. The van der Waals surface area contributed by atoms with Gasteiger partial charge in [0.05, 0.1) is 23.4 Å². The molecule has 5 rings (SSSR count). The Morgan fingerprint density at radius 2 is 1.81 bits per heavy atom. The molecule has 2 N–H and O–H groups in total. The van der Waals surface area contributed by atoms with Gasteiger partial charge in [-0.1, -0.05) is 0 Å². The Kier molecular flexibility index (Phi) is 4.59. The maximum absolute atomic E-state index is 15.0. The van der Waals surface area contributed by atoms with Gasteiger partial charge in [0, 0.05) is 17.8 Å². The molecule has 0 radical (unpaired) electrons. The van der Waals surface area contributed by atoms with Gasteiger partial charge in [-0.2, -0.15) is 0 Å². The molecule has 0 aliphatic carbocycles. The van der Waals surface area contributed by atoms with Gasteiger partial charge in [0.15, 0.2) is 0 Å². The molecule has 3 aliphatic heterocycles. The van der Waals surface area contributed by atoms with Crippen LogP contribution in [0.15, 0.2) is 18.2 Å². The summed E-state index contributed by atoms with van der Waals surface area (Å²) in [4.78, 5) is 64.1. The van der Waals surface area contributed by atoms with Crippen LogP contribution in [0.5, 0.6) is 0 Å². The number of amides is 4. The average molecular weight is 457 g/mol. The molecule has 4 heterocycles. The van der Waals surface area contributed by atoms with Crippen molar-refractivity contribution >= 4 is 46.6 Å². The van der Waals surface area contributed by atoms with E-state index in [1.807, 2.05) is 0 Å². The normalized spacial score (nSPS) is 20.3. The number of fused-ring (bicyclic) bond motifs is 2. The van der Waals surface area contributed by atoms with Crippen LogP contribution < -0.4 is 10.2 Å². The van der Waals surface area contributed by atoms with E-state index >= 15 is 0 Å². The summed E-state index contributed by atoms with van der Waals surface area (Å²) in [5, 5.41) is 11.3. The van der Waals surface area contributed by atoms with Crippen molar-refractivity contribution in [1.29, 1.82) is 0 Å². The molecule has 1 aromatic carbocycles. The van der Waals surface area contributed by atoms with E-state index in [1.54, 1.807) is 11.0 Å². The van der Waals surface area contributed by atoms with Crippen LogP contribution in [0.4, 0.5) is 10.1 Å². The van der Waals surface area contributed by atoms with Gasteiger partial charge in [-0.05, 0) is 36.6 Å². The highest BCUT2D eigenvalue weighted by molar-refractivity contribution is 7.14. The molecule has 0 saturated carbocycles. The second-order valence-electron chi connectivity index (χ2n) is 7.83. The number of carboxylic acid groups (broad SMARTS) is 1. The van der Waals surface area contributed by atoms with Gasteiger partial charge in [-0.15, -0.1) is 11.3 Å². The monoisotopic (exact) mass is 457 g/mol. The van der Waals surface area contributed by atoms with Gasteiger partial charge in [0.1, 0.15) is 16.7 Å². The van der Waals surface area contributed by atoms with Crippen LogP contribution in [0.25, 0.3) is 0 Å². The van der Waals surface area contributed by atoms with Gasteiger partial charge >= 0.3 is 5.97 Å². The third-order valence-electron chi connectivity index (χ3n) is 5.94. The van der Waals surface area contributed by atoms with Crippen LogP contribution in [0.3, 0.4) is 0 Å². The van der Waals surface area contributed by atoms with Crippen molar-refractivity contribution in [3.8, 4) is 0 Å². The Hall–Kier alpha value is -3.60. The van der Waals surface area contributed by atoms with Crippen molar-refractivity contribution in [2.24, 2.45) is 0 Å². The predicted octanol–water partition coefficient (Wildman–Crippen LogP) is 1.55. The summed E-state index contributed by atoms with van der Waals surface area (Å²) >= 11 is 1.13. The lowest BCUT2D eigenvalue weighted by Gasteiger charge is -2.29. The number of halogens is 1. The zero-order valence-corrected chi connectivity index (χ0v) is 17.3. The van der Waals surface area contributed by atoms with Crippen molar-refractivity contribution < 1.29 is 33.5 Å². The van der Waals surface area contributed by atoms with E-state index in [0.717, 1.165) is 32.7 Å². The fraction of sp³-hybridized carbons (Fsp3) is 0.286. The number of nitrogens with one attached hydrogen (secondary N) is 1. The summed E-state index contributed by atoms with van der Waals surface area (Å²) in [6.45, 7) is 0.694. The van der Waals surface area contributed by atoms with E-state index in [9.17, 15) is 33.5 Å². The first-order valence-electron chi connectivity index (χ1n) is 9.89. The molecule has 1 unspecified atom stereocenters. The van der Waals surface area contributed by atoms with E-state index < -0.39 is 41.5 Å². The van der Waals surface area contributed by atoms with Crippen LogP contribution in [0.1, 0.15) is 53.7 Å². The van der Waals surface area contributed by atoms with Gasteiger partial charge in [0.2, 0.25) is 11.8 Å². The van der Waals surface area contributed by atoms with Gasteiger partial charge in [0.25, 0.3) is 11.8 Å². The fourth-order valence-electron chi connectivity index (χ4n) is 4.35. The predicted molar refractivity (Wildman–Crippen MR) is 109 cm³/mol. The molecule has 3 aliphatic rings. The summed E-state index contributed by atoms with van der Waals surface area (Å²) in [6, 6.07) is 2.82. The molecule has 1 atom stereocenters. The molecule has 32 heavy (non-hydrogen) atoms. The number of anilines is 1. The summed E-state index contributed by atoms with van der Waals surface area (Å²) in [5.41, 5.74) is 0.911. The van der Waals surface area contributed by atoms with Crippen molar-refractivity contribution in [3.63, 3.8) is 0 Å². The third-order valence-corrected chi connectivity index (χ3v) is 7.09. The average Bonchev–Trinajstić information content (AvgIpc) is 3.27. The number of benzene rings is 1. The number of carboxylic acids is 1. The second-order valence-corrected chi connectivity index (χ2v) is 8.97. The summed E-state index contributed by atoms with van der Waals surface area (Å²) < 4.78 is 15.0. The molecule has 9 nitrogen and oxygen atoms in total. The molecule has 2 aromatic rings. The number of hydrogen-bond donors (Lipinski definition) is 2. The zero-order chi connectivity index (χ0) is 22.7. The van der Waals surface area contributed by atoms with Gasteiger partial charge < -0.3 is 10.0 Å². The summed E-state index contributed by atoms with van der Waals surface area (Å²) in [5.74, 6) is -4.38. The summed E-state index contributed by atoms with van der Waals surface area (Å²) in [7, 11) is 0. The number of carbonyl (C=O) groups excluding carboxylic acids is 4. The topological polar surface area (TPSA) is 124 Å². The number of nitrogens with zero attached hydrogens (tertiary/aromatic N) is 2. The molecule has 11 heteroatoms. The summed E-state index contributed by atoms with van der Waals surface area (Å²) in [6.07, 6.45) is 0.536. The number of carbonyl (C=O) groups is 5. The van der Waals surface area contributed by atoms with Crippen LogP contribution in [0, 0.1) is 5.82 Å². The molecule has 1 fully saturated rings. The number of imide groups is 2. The number of piperidine rings is 1. The standard InChI is InChI=1S/C21H16FN3O6S/c22-12-6-10-11(20(29)25(19(10)28)13-1-2-17(26)23-18(13)27)7-14(12)24-4-3-9-5-15(21(30)31)32-16(9)8-24/h5-7,13H,1-4,8H2,(H,30,31)(H,23,26,27). The SMILES string of the molecule is O=C1CCC(N2C(=O)c3cc(F)c(N4CCc5cc(C(=O)O)sc5C4)cc3C2=O)C(=O)N1. The largest absolute Gasteiger partial charge is 0.477 e. The minimum atomic E-state index is -1.12. The van der Waals surface area contributed by atoms with E-state index in [2.05, 4.69) is 5.32 Å². The molecule has 1 aromatic heterocycles. The first kappa shape index (κ1) is 20.3. The maximum atomic E-state index is 15.0. The first-order valence-corrected chi connectivity index (χ1v) is 10.7. The highest BCUT2D eigenvalue weighted by atomic mass is 32.1. The molecule has 0 spiro atoms. The van der Waals surface area contributed by atoms with Gasteiger partial charge in [-0.25, -0.2) is 9.18 Å². The van der Waals surface area contributed by atoms with Crippen LogP contribution in [0.2, 0.25) is 0 Å². The lowest BCUT2D eigenvalue weighted by atomic mass is 10.0. The van der Waals surface area contributed by atoms with Crippen molar-refractivity contribution in [2.45, 2.75) is 31.8 Å². The van der Waals surface area contributed by atoms with Crippen LogP contribution in [-0.2, 0) is 22.6 Å². The number of rotatable bonds is 3. The lowest BCUT2D eigenvalue weighted by Crippen LogP contribution is -2.54. The van der Waals surface area contributed by atoms with E-state index in [-0.39, 0.29) is 41.1 Å². The lowest BCUT2D eigenvalue weighted by molar-refractivity contribution is -0.136. The first-order chi connectivity index (χ1) is 15.2. The molecular weight excluding hydrogens is 441 g/mol. The quantitative estimate of drug-likeness (QED) is 0.670. The molecule has 164 valence electrons. The Morgan fingerprint density at radius 3 is 2.50 bits per heavy atom. The van der Waals surface area contributed by atoms with Crippen LogP contribution >= 0.6 is 11.3 Å². The van der Waals surface area contributed by atoms with E-state index in [1.165, 1.54) is 6.07 Å². The fourth-order valence-corrected chi connectivity index (χ4v) is 5.42. The number of thiophene rings is 1. The minimum absolute atomic E-state index is 0.000647. The van der Waals surface area contributed by atoms with Crippen molar-refractivity contribution in [3.05, 3.63) is 50.5 Å².